The molecular weight excluding hydrogens is 318 g/mol. The molecule has 0 radical (unpaired) electrons. The molecule has 0 fully saturated rings. The molecule has 2 aromatic carbocycles. The molecule has 0 amide bonds. The zero-order valence-electron chi connectivity index (χ0n) is 7.72. The number of nitrogens with one attached hydrogen (secondary N) is 1. The van der Waals surface area contributed by atoms with Crippen LogP contribution in [0.2, 0.25) is 0 Å². The number of halogens is 2. The van der Waals surface area contributed by atoms with Crippen molar-refractivity contribution in [2.45, 2.75) is 0 Å². The highest BCUT2D eigenvalue weighted by atomic mass is 79.9. The number of rotatable bonds is 0. The Bertz CT molecular complexity index is 655. The summed E-state index contributed by atoms with van der Waals surface area (Å²) < 4.78 is 2.21. The summed E-state index contributed by atoms with van der Waals surface area (Å²) in [4.78, 5) is 3.41. The molecule has 0 bridgehead atoms. The van der Waals surface area contributed by atoms with Crippen LogP contribution in [0.4, 0.5) is 0 Å². The average molecular weight is 325 g/mol. The van der Waals surface area contributed by atoms with Crippen LogP contribution in [0.5, 0.6) is 0 Å². The molecule has 0 aliphatic carbocycles. The Hall–Kier alpha value is -0.800. The van der Waals surface area contributed by atoms with E-state index >= 15 is 0 Å². The molecular formula is C12H7Br2N. The topological polar surface area (TPSA) is 15.8 Å². The first kappa shape index (κ1) is 9.43. The van der Waals surface area contributed by atoms with Crippen molar-refractivity contribution in [2.24, 2.45) is 0 Å². The molecule has 0 saturated carbocycles. The fraction of sp³-hybridized carbons (Fsp3) is 0. The lowest BCUT2D eigenvalue weighted by molar-refractivity contribution is 1.53. The van der Waals surface area contributed by atoms with E-state index in [0.29, 0.717) is 0 Å². The minimum Gasteiger partial charge on any atom is -0.354 e. The van der Waals surface area contributed by atoms with Crippen LogP contribution in [0.1, 0.15) is 0 Å². The molecule has 1 heterocycles. The van der Waals surface area contributed by atoms with Crippen LogP contribution < -0.4 is 0 Å². The van der Waals surface area contributed by atoms with Crippen molar-refractivity contribution in [2.75, 3.05) is 0 Å². The molecule has 1 aromatic heterocycles. The van der Waals surface area contributed by atoms with Crippen LogP contribution >= 0.6 is 31.9 Å². The monoisotopic (exact) mass is 323 g/mol. The maximum absolute atomic E-state index is 3.55. The smallest absolute Gasteiger partial charge is 0.0609 e. The molecule has 0 saturated heterocycles. The van der Waals surface area contributed by atoms with Gasteiger partial charge >= 0.3 is 0 Å². The van der Waals surface area contributed by atoms with Crippen LogP contribution in [0.15, 0.2) is 45.3 Å². The quantitative estimate of drug-likeness (QED) is 0.608. The van der Waals surface area contributed by atoms with E-state index in [0.717, 1.165) is 14.5 Å². The van der Waals surface area contributed by atoms with E-state index in [9.17, 15) is 0 Å². The molecule has 0 aliphatic heterocycles. The van der Waals surface area contributed by atoms with Crippen LogP contribution in [0.3, 0.4) is 0 Å². The van der Waals surface area contributed by atoms with Gasteiger partial charge in [0.25, 0.3) is 0 Å². The van der Waals surface area contributed by atoms with Gasteiger partial charge in [-0.05, 0) is 40.2 Å². The zero-order valence-corrected chi connectivity index (χ0v) is 10.9. The Morgan fingerprint density at radius 2 is 1.80 bits per heavy atom. The second kappa shape index (κ2) is 3.35. The Kier molecular flexibility index (Phi) is 2.11. The Morgan fingerprint density at radius 1 is 0.933 bits per heavy atom. The zero-order chi connectivity index (χ0) is 10.4. The van der Waals surface area contributed by atoms with Crippen molar-refractivity contribution in [3.8, 4) is 0 Å². The fourth-order valence-electron chi connectivity index (χ4n) is 1.86. The predicted molar refractivity (Wildman–Crippen MR) is 71.2 cm³/mol. The van der Waals surface area contributed by atoms with Gasteiger partial charge in [-0.2, -0.15) is 0 Å². The van der Waals surface area contributed by atoms with Crippen molar-refractivity contribution < 1.29 is 0 Å². The number of aromatic nitrogens is 1. The first-order valence-electron chi connectivity index (χ1n) is 4.61. The van der Waals surface area contributed by atoms with Crippen LogP contribution in [0.25, 0.3) is 21.8 Å². The van der Waals surface area contributed by atoms with Gasteiger partial charge in [0.1, 0.15) is 0 Å². The lowest BCUT2D eigenvalue weighted by Gasteiger charge is -1.93. The van der Waals surface area contributed by atoms with Gasteiger partial charge in [-0.1, -0.05) is 28.1 Å². The maximum atomic E-state index is 3.55. The van der Waals surface area contributed by atoms with Gasteiger partial charge in [0.05, 0.1) is 5.52 Å². The number of fused-ring (bicyclic) bond motifs is 3. The van der Waals surface area contributed by atoms with Gasteiger partial charge in [-0.25, -0.2) is 0 Å². The van der Waals surface area contributed by atoms with Crippen molar-refractivity contribution in [3.63, 3.8) is 0 Å². The van der Waals surface area contributed by atoms with Crippen molar-refractivity contribution in [1.82, 2.24) is 4.98 Å². The maximum Gasteiger partial charge on any atom is 0.0609 e. The largest absolute Gasteiger partial charge is 0.354 e. The van der Waals surface area contributed by atoms with Gasteiger partial charge in [-0.15, -0.1) is 0 Å². The molecule has 0 aliphatic rings. The molecule has 0 spiro atoms. The van der Waals surface area contributed by atoms with Gasteiger partial charge < -0.3 is 4.98 Å². The Labute approximate surface area is 104 Å². The van der Waals surface area contributed by atoms with E-state index in [2.05, 4.69) is 61.1 Å². The third kappa shape index (κ3) is 1.42. The van der Waals surface area contributed by atoms with Crippen molar-refractivity contribution in [3.05, 3.63) is 45.3 Å². The van der Waals surface area contributed by atoms with Crippen molar-refractivity contribution >= 4 is 53.7 Å². The second-order valence-electron chi connectivity index (χ2n) is 3.48. The molecule has 15 heavy (non-hydrogen) atoms. The highest BCUT2D eigenvalue weighted by Crippen LogP contribution is 2.31. The molecule has 1 N–H and O–H groups in total. The van der Waals surface area contributed by atoms with Gasteiger partial charge in [0, 0.05) is 25.2 Å². The number of benzene rings is 2. The number of H-pyrrole nitrogens is 1. The van der Waals surface area contributed by atoms with Gasteiger partial charge in [-0.3, -0.25) is 0 Å². The average Bonchev–Trinajstić information content (AvgIpc) is 2.58. The van der Waals surface area contributed by atoms with Crippen LogP contribution in [-0.4, -0.2) is 4.98 Å². The van der Waals surface area contributed by atoms with Crippen molar-refractivity contribution in [1.29, 1.82) is 0 Å². The Balaban J connectivity index is 2.58. The molecule has 3 aromatic rings. The lowest BCUT2D eigenvalue weighted by Crippen LogP contribution is -1.68. The molecule has 3 rings (SSSR count). The van der Waals surface area contributed by atoms with E-state index < -0.39 is 0 Å². The lowest BCUT2D eigenvalue weighted by atomic mass is 10.2. The summed E-state index contributed by atoms with van der Waals surface area (Å²) in [6.45, 7) is 0. The third-order valence-corrected chi connectivity index (χ3v) is 3.70. The summed E-state index contributed by atoms with van der Waals surface area (Å²) >= 11 is 7.05. The summed E-state index contributed by atoms with van der Waals surface area (Å²) in [5.41, 5.74) is 2.32. The van der Waals surface area contributed by atoms with E-state index in [1.807, 2.05) is 12.1 Å². The molecule has 0 unspecified atom stereocenters. The fourth-order valence-corrected chi connectivity index (χ4v) is 2.69. The van der Waals surface area contributed by atoms with Crippen LogP contribution in [-0.2, 0) is 0 Å². The summed E-state index contributed by atoms with van der Waals surface area (Å²) in [6, 6.07) is 12.5. The first-order valence-corrected chi connectivity index (χ1v) is 6.20. The minimum absolute atomic E-state index is 1.10. The molecule has 74 valence electrons. The summed E-state index contributed by atoms with van der Waals surface area (Å²) in [6.07, 6.45) is 0. The summed E-state index contributed by atoms with van der Waals surface area (Å²) in [7, 11) is 0. The molecule has 3 heteroatoms. The molecule has 0 atom stereocenters. The number of para-hydroxylation sites is 1. The minimum atomic E-state index is 1.10. The van der Waals surface area contributed by atoms with Gasteiger partial charge in [0.2, 0.25) is 0 Å². The van der Waals surface area contributed by atoms with E-state index in [4.69, 9.17) is 0 Å². The normalized spacial score (nSPS) is 11.3. The highest BCUT2D eigenvalue weighted by molar-refractivity contribution is 9.11. The summed E-state index contributed by atoms with van der Waals surface area (Å²) in [5.74, 6) is 0. The Morgan fingerprint density at radius 3 is 2.67 bits per heavy atom. The number of aromatic amines is 1. The SMILES string of the molecule is Brc1ccc2[nH]c3c(Br)cccc3c2c1. The number of hydrogen-bond acceptors (Lipinski definition) is 0. The predicted octanol–water partition coefficient (Wildman–Crippen LogP) is 4.85. The standard InChI is InChI=1S/C12H7Br2N/c13-7-4-5-11-9(6-7)8-2-1-3-10(14)12(8)15-11/h1-6,15H. The first-order chi connectivity index (χ1) is 7.25. The highest BCUT2D eigenvalue weighted by Gasteiger charge is 2.06. The summed E-state index contributed by atoms with van der Waals surface area (Å²) in [5, 5.41) is 2.50. The molecule has 1 nitrogen and oxygen atoms in total. The second-order valence-corrected chi connectivity index (χ2v) is 5.25. The number of hydrogen-bond donors (Lipinski definition) is 1. The van der Waals surface area contributed by atoms with E-state index in [1.165, 1.54) is 16.3 Å². The van der Waals surface area contributed by atoms with E-state index in [-0.39, 0.29) is 0 Å². The van der Waals surface area contributed by atoms with E-state index in [1.54, 1.807) is 0 Å². The van der Waals surface area contributed by atoms with Crippen LogP contribution in [0, 0.1) is 0 Å². The van der Waals surface area contributed by atoms with Gasteiger partial charge in [0.15, 0.2) is 0 Å². The third-order valence-electron chi connectivity index (χ3n) is 2.55.